The maximum atomic E-state index is 13.5. The molecule has 1 aliphatic rings. The van der Waals surface area contributed by atoms with Gasteiger partial charge in [-0.1, -0.05) is 62.4 Å². The number of rotatable bonds is 11. The number of carbonyl (C=O) groups is 5. The minimum absolute atomic E-state index is 0.0545. The number of thioether (sulfide) groups is 1. The Morgan fingerprint density at radius 2 is 1.68 bits per heavy atom. The Labute approximate surface area is 276 Å². The molecule has 248 valence electrons. The summed E-state index contributed by atoms with van der Waals surface area (Å²) in [5.74, 6) is -5.66. The molecular weight excluding hydrogens is 628 g/mol. The number of benzene rings is 2. The highest BCUT2D eigenvalue weighted by molar-refractivity contribution is 8.00. The minimum Gasteiger partial charge on any atom is -0.493 e. The number of aromatic nitrogens is 1. The Morgan fingerprint density at radius 3 is 2.34 bits per heavy atom. The first-order chi connectivity index (χ1) is 22.6. The van der Waals surface area contributed by atoms with Gasteiger partial charge in [0.1, 0.15) is 18.6 Å². The largest absolute Gasteiger partial charge is 0.493 e. The summed E-state index contributed by atoms with van der Waals surface area (Å²) in [5.41, 5.74) is 0.427. The van der Waals surface area contributed by atoms with Crippen molar-refractivity contribution >= 4 is 41.5 Å². The summed E-state index contributed by atoms with van der Waals surface area (Å²) in [4.78, 5) is 70.6. The molecule has 1 saturated heterocycles. The van der Waals surface area contributed by atoms with E-state index in [1.165, 1.54) is 38.1 Å². The molecule has 0 bridgehead atoms. The van der Waals surface area contributed by atoms with Gasteiger partial charge in [-0.15, -0.1) is 11.8 Å². The van der Waals surface area contributed by atoms with Crippen LogP contribution in [0.25, 0.3) is 0 Å². The van der Waals surface area contributed by atoms with Crippen LogP contribution in [0.1, 0.15) is 36.8 Å². The van der Waals surface area contributed by atoms with Crippen LogP contribution in [0.2, 0.25) is 0 Å². The molecule has 1 aliphatic heterocycles. The van der Waals surface area contributed by atoms with Crippen LogP contribution in [0.4, 0.5) is 0 Å². The Balaban J connectivity index is 1.54. The molecule has 4 rings (SSSR count). The van der Waals surface area contributed by atoms with Crippen LogP contribution >= 0.6 is 11.8 Å². The summed E-state index contributed by atoms with van der Waals surface area (Å²) in [5, 5.41) is 2.47. The van der Waals surface area contributed by atoms with Gasteiger partial charge in [-0.25, -0.2) is 9.78 Å². The van der Waals surface area contributed by atoms with E-state index in [1.807, 2.05) is 48.5 Å². The molecule has 13 heteroatoms. The first-order valence-corrected chi connectivity index (χ1v) is 15.9. The molecule has 0 radical (unpaired) electrons. The maximum absolute atomic E-state index is 13.5. The quantitative estimate of drug-likeness (QED) is 0.180. The van der Waals surface area contributed by atoms with Crippen molar-refractivity contribution in [3.8, 4) is 11.5 Å². The van der Waals surface area contributed by atoms with E-state index < -0.39 is 66.5 Å². The molecule has 0 spiro atoms. The summed E-state index contributed by atoms with van der Waals surface area (Å²) in [7, 11) is 1.33. The number of nitrogens with one attached hydrogen (secondary N) is 1. The van der Waals surface area contributed by atoms with Crippen LogP contribution in [0.3, 0.4) is 0 Å². The lowest BCUT2D eigenvalue weighted by Crippen LogP contribution is -2.47. The third kappa shape index (κ3) is 9.55. The van der Waals surface area contributed by atoms with E-state index in [1.54, 1.807) is 26.0 Å². The van der Waals surface area contributed by atoms with Crippen LogP contribution in [0.5, 0.6) is 11.5 Å². The zero-order valence-electron chi connectivity index (χ0n) is 26.4. The fourth-order valence-corrected chi connectivity index (χ4v) is 5.32. The van der Waals surface area contributed by atoms with Gasteiger partial charge in [-0.3, -0.25) is 19.2 Å². The van der Waals surface area contributed by atoms with Gasteiger partial charge in [0.05, 0.1) is 18.8 Å². The second-order valence-corrected chi connectivity index (χ2v) is 12.0. The van der Waals surface area contributed by atoms with Gasteiger partial charge in [0.25, 0.3) is 5.91 Å². The molecule has 0 aliphatic carbocycles. The van der Waals surface area contributed by atoms with Gasteiger partial charge in [0, 0.05) is 17.2 Å². The lowest BCUT2D eigenvalue weighted by Gasteiger charge is -2.29. The summed E-state index contributed by atoms with van der Waals surface area (Å²) in [6, 6.07) is 18.2. The molecule has 1 amide bonds. The predicted octanol–water partition coefficient (Wildman–Crippen LogP) is 3.80. The SMILES string of the molecule is COc1ccnc(C(=O)NC2COC(=O)C(Cc3ccccc3)C(OC(=O)C(C)C)C(C)OC2=O)c1OC(=O)CSc1ccccc1. The summed E-state index contributed by atoms with van der Waals surface area (Å²) in [6.45, 7) is 4.20. The maximum Gasteiger partial charge on any atom is 0.332 e. The van der Waals surface area contributed by atoms with E-state index in [4.69, 9.17) is 23.7 Å². The number of methoxy groups -OCH3 is 1. The zero-order chi connectivity index (χ0) is 33.9. The lowest BCUT2D eigenvalue weighted by molar-refractivity contribution is -0.176. The monoisotopic (exact) mass is 664 g/mol. The Hall–Kier alpha value is -4.91. The molecule has 3 aromatic rings. The number of hydrogen-bond donors (Lipinski definition) is 1. The van der Waals surface area contributed by atoms with Crippen molar-refractivity contribution in [3.63, 3.8) is 0 Å². The Kier molecular flexibility index (Phi) is 12.3. The van der Waals surface area contributed by atoms with E-state index in [0.29, 0.717) is 0 Å². The molecule has 2 aromatic carbocycles. The van der Waals surface area contributed by atoms with E-state index in [9.17, 15) is 24.0 Å². The molecule has 0 saturated carbocycles. The van der Waals surface area contributed by atoms with Crippen LogP contribution < -0.4 is 14.8 Å². The van der Waals surface area contributed by atoms with Gasteiger partial charge < -0.3 is 29.0 Å². The van der Waals surface area contributed by atoms with Crippen LogP contribution in [0.15, 0.2) is 77.8 Å². The third-order valence-corrected chi connectivity index (χ3v) is 8.07. The molecule has 12 nitrogen and oxygen atoms in total. The number of hydrogen-bond acceptors (Lipinski definition) is 12. The van der Waals surface area contributed by atoms with Gasteiger partial charge in [-0.2, -0.15) is 0 Å². The second kappa shape index (κ2) is 16.6. The molecule has 1 fully saturated rings. The van der Waals surface area contributed by atoms with Gasteiger partial charge in [0.15, 0.2) is 23.6 Å². The summed E-state index contributed by atoms with van der Waals surface area (Å²) in [6.07, 6.45) is -0.845. The molecule has 2 heterocycles. The van der Waals surface area contributed by atoms with Crippen LogP contribution in [-0.4, -0.2) is 72.5 Å². The molecular formula is C34H36N2O10S. The second-order valence-electron chi connectivity index (χ2n) is 10.9. The molecule has 4 unspecified atom stereocenters. The van der Waals surface area contributed by atoms with Crippen molar-refractivity contribution in [2.45, 2.75) is 50.3 Å². The highest BCUT2D eigenvalue weighted by atomic mass is 32.2. The topological polar surface area (TPSA) is 156 Å². The molecule has 47 heavy (non-hydrogen) atoms. The van der Waals surface area contributed by atoms with Gasteiger partial charge in [0.2, 0.25) is 5.75 Å². The average Bonchev–Trinajstić information content (AvgIpc) is 3.10. The first kappa shape index (κ1) is 35.0. The standard InChI is InChI=1S/C34H36N2O10S/c1-20(2)32(39)46-29-21(3)44-34(41)25(18-43-33(40)24(29)17-22-11-7-5-8-12-22)36-31(38)28-30(26(42-4)15-16-35-28)45-27(37)19-47-23-13-9-6-10-14-23/h5-16,20-21,24-25,29H,17-19H2,1-4H3,(H,36,38). The van der Waals surface area contributed by atoms with Crippen molar-refractivity contribution in [2.24, 2.45) is 11.8 Å². The Bertz CT molecular complexity index is 1570. The molecule has 4 atom stereocenters. The zero-order valence-corrected chi connectivity index (χ0v) is 27.2. The number of pyridine rings is 1. The van der Waals surface area contributed by atoms with Gasteiger partial charge >= 0.3 is 23.9 Å². The number of cyclic esters (lactones) is 2. The molecule has 1 aromatic heterocycles. The number of nitrogens with zero attached hydrogens (tertiary/aromatic N) is 1. The highest BCUT2D eigenvalue weighted by Gasteiger charge is 2.42. The van der Waals surface area contributed by atoms with E-state index in [-0.39, 0.29) is 29.4 Å². The smallest absolute Gasteiger partial charge is 0.332 e. The number of esters is 4. The summed E-state index contributed by atoms with van der Waals surface area (Å²) >= 11 is 1.24. The lowest BCUT2D eigenvalue weighted by atomic mass is 9.91. The number of carbonyl (C=O) groups excluding carboxylic acids is 5. The Morgan fingerprint density at radius 1 is 1.00 bits per heavy atom. The van der Waals surface area contributed by atoms with Crippen molar-refractivity contribution < 1.29 is 47.7 Å². The highest BCUT2D eigenvalue weighted by Crippen LogP contribution is 2.31. The van der Waals surface area contributed by atoms with Crippen LogP contribution in [-0.2, 0) is 39.8 Å². The van der Waals surface area contributed by atoms with Crippen molar-refractivity contribution in [1.82, 2.24) is 10.3 Å². The van der Waals surface area contributed by atoms with E-state index >= 15 is 0 Å². The fraction of sp³-hybridized carbons (Fsp3) is 0.353. The normalized spacial score (nSPS) is 19.7. The summed E-state index contributed by atoms with van der Waals surface area (Å²) < 4.78 is 27.7. The predicted molar refractivity (Wildman–Crippen MR) is 170 cm³/mol. The van der Waals surface area contributed by atoms with Gasteiger partial charge in [-0.05, 0) is 31.0 Å². The van der Waals surface area contributed by atoms with E-state index in [0.717, 1.165) is 10.5 Å². The number of amides is 1. The van der Waals surface area contributed by atoms with Crippen molar-refractivity contribution in [2.75, 3.05) is 19.5 Å². The molecule has 1 N–H and O–H groups in total. The van der Waals surface area contributed by atoms with Crippen LogP contribution in [0, 0.1) is 11.8 Å². The van der Waals surface area contributed by atoms with Crippen molar-refractivity contribution in [1.29, 1.82) is 0 Å². The third-order valence-electron chi connectivity index (χ3n) is 7.09. The first-order valence-electron chi connectivity index (χ1n) is 14.9. The fourth-order valence-electron chi connectivity index (χ4n) is 4.63. The van der Waals surface area contributed by atoms with Crippen molar-refractivity contribution in [3.05, 3.63) is 84.2 Å². The number of ether oxygens (including phenoxy) is 5. The average molecular weight is 665 g/mol. The van der Waals surface area contributed by atoms with E-state index in [2.05, 4.69) is 10.3 Å². The minimum atomic E-state index is -1.48.